The monoisotopic (exact) mass is 265 g/mol. The second-order valence-corrected chi connectivity index (χ2v) is 4.70. The molecule has 106 valence electrons. The van der Waals surface area contributed by atoms with Gasteiger partial charge in [0.1, 0.15) is 0 Å². The number of benzene rings is 1. The lowest BCUT2D eigenvalue weighted by molar-refractivity contribution is -0.117. The Hall–Kier alpha value is -1.59. The number of rotatable bonds is 8. The Morgan fingerprint density at radius 3 is 2.84 bits per heavy atom. The molecule has 0 aromatic heterocycles. The van der Waals surface area contributed by atoms with Gasteiger partial charge in [-0.3, -0.25) is 9.69 Å². The summed E-state index contributed by atoms with van der Waals surface area (Å²) in [4.78, 5) is 13.8. The minimum atomic E-state index is -0.0461. The zero-order valence-electron chi connectivity index (χ0n) is 11.4. The van der Waals surface area contributed by atoms with Gasteiger partial charge in [0.2, 0.25) is 5.91 Å². The van der Waals surface area contributed by atoms with Gasteiger partial charge in [-0.15, -0.1) is 0 Å². The first-order chi connectivity index (χ1) is 9.11. The van der Waals surface area contributed by atoms with Crippen molar-refractivity contribution in [1.29, 1.82) is 0 Å². The molecular formula is C14H23N3O2. The van der Waals surface area contributed by atoms with Crippen molar-refractivity contribution in [1.82, 2.24) is 4.90 Å². The number of aliphatic hydroxyl groups excluding tert-OH is 1. The third kappa shape index (κ3) is 6.79. The molecule has 4 N–H and O–H groups in total. The Balaban J connectivity index is 2.26. The molecule has 0 spiro atoms. The molecule has 0 aliphatic rings. The van der Waals surface area contributed by atoms with Crippen LogP contribution in [0.3, 0.4) is 0 Å². The van der Waals surface area contributed by atoms with Crippen LogP contribution in [0.2, 0.25) is 0 Å². The van der Waals surface area contributed by atoms with E-state index in [4.69, 9.17) is 10.8 Å². The first-order valence-corrected chi connectivity index (χ1v) is 6.56. The van der Waals surface area contributed by atoms with Gasteiger partial charge in [-0.05, 0) is 51.1 Å². The fourth-order valence-corrected chi connectivity index (χ4v) is 1.81. The number of hydrogen-bond donors (Lipinski definition) is 3. The minimum absolute atomic E-state index is 0.0461. The van der Waals surface area contributed by atoms with Crippen LogP contribution in [0, 0.1) is 0 Å². The molecular weight excluding hydrogens is 242 g/mol. The number of anilines is 2. The third-order valence-electron chi connectivity index (χ3n) is 2.78. The lowest BCUT2D eigenvalue weighted by atomic mass is 10.2. The Bertz CT molecular complexity index is 396. The SMILES string of the molecule is CN(CCCCCO)CC(=O)Nc1cccc(N)c1. The van der Waals surface area contributed by atoms with Gasteiger partial charge in [-0.25, -0.2) is 0 Å². The zero-order chi connectivity index (χ0) is 14.1. The van der Waals surface area contributed by atoms with Crippen molar-refractivity contribution in [2.75, 3.05) is 37.8 Å². The maximum absolute atomic E-state index is 11.8. The average Bonchev–Trinajstić information content (AvgIpc) is 2.34. The second kappa shape index (κ2) is 8.50. The molecule has 5 heteroatoms. The summed E-state index contributed by atoms with van der Waals surface area (Å²) in [6.07, 6.45) is 2.80. The quantitative estimate of drug-likeness (QED) is 0.489. The average molecular weight is 265 g/mol. The van der Waals surface area contributed by atoms with Crippen molar-refractivity contribution in [2.24, 2.45) is 0 Å². The predicted molar refractivity (Wildman–Crippen MR) is 77.9 cm³/mol. The van der Waals surface area contributed by atoms with Crippen molar-refractivity contribution in [3.63, 3.8) is 0 Å². The van der Waals surface area contributed by atoms with E-state index >= 15 is 0 Å². The third-order valence-corrected chi connectivity index (χ3v) is 2.78. The highest BCUT2D eigenvalue weighted by Crippen LogP contribution is 2.11. The normalized spacial score (nSPS) is 10.7. The Labute approximate surface area is 114 Å². The number of nitrogens with one attached hydrogen (secondary N) is 1. The van der Waals surface area contributed by atoms with Crippen molar-refractivity contribution in [2.45, 2.75) is 19.3 Å². The number of hydrogen-bond acceptors (Lipinski definition) is 4. The summed E-state index contributed by atoms with van der Waals surface area (Å²) in [5, 5.41) is 11.5. The van der Waals surface area contributed by atoms with E-state index in [1.165, 1.54) is 0 Å². The van der Waals surface area contributed by atoms with Crippen molar-refractivity contribution < 1.29 is 9.90 Å². The van der Waals surface area contributed by atoms with Crippen LogP contribution < -0.4 is 11.1 Å². The molecule has 0 aliphatic heterocycles. The van der Waals surface area contributed by atoms with Gasteiger partial charge >= 0.3 is 0 Å². The molecule has 0 saturated heterocycles. The molecule has 0 heterocycles. The number of carbonyl (C=O) groups excluding carboxylic acids is 1. The van der Waals surface area contributed by atoms with Crippen LogP contribution in [0.25, 0.3) is 0 Å². The van der Waals surface area contributed by atoms with Gasteiger partial charge < -0.3 is 16.2 Å². The van der Waals surface area contributed by atoms with Crippen LogP contribution in [0.15, 0.2) is 24.3 Å². The van der Waals surface area contributed by atoms with Gasteiger partial charge in [-0.2, -0.15) is 0 Å². The van der Waals surface area contributed by atoms with E-state index in [1.807, 2.05) is 24.1 Å². The lowest BCUT2D eigenvalue weighted by Gasteiger charge is -2.16. The van der Waals surface area contributed by atoms with Gasteiger partial charge in [0.05, 0.1) is 6.54 Å². The smallest absolute Gasteiger partial charge is 0.238 e. The molecule has 0 saturated carbocycles. The fourth-order valence-electron chi connectivity index (χ4n) is 1.81. The summed E-state index contributed by atoms with van der Waals surface area (Å²) in [7, 11) is 1.91. The highest BCUT2D eigenvalue weighted by molar-refractivity contribution is 5.92. The van der Waals surface area contributed by atoms with Crippen molar-refractivity contribution in [3.05, 3.63) is 24.3 Å². The number of carbonyl (C=O) groups is 1. The number of nitrogens with zero attached hydrogens (tertiary/aromatic N) is 1. The maximum Gasteiger partial charge on any atom is 0.238 e. The van der Waals surface area contributed by atoms with Gasteiger partial charge in [0.15, 0.2) is 0 Å². The summed E-state index contributed by atoms with van der Waals surface area (Å²) in [6, 6.07) is 7.14. The highest BCUT2D eigenvalue weighted by atomic mass is 16.2. The molecule has 0 radical (unpaired) electrons. The molecule has 1 amide bonds. The topological polar surface area (TPSA) is 78.6 Å². The van der Waals surface area contributed by atoms with E-state index in [-0.39, 0.29) is 12.5 Å². The van der Waals surface area contributed by atoms with Crippen LogP contribution in [0.1, 0.15) is 19.3 Å². The molecule has 0 atom stereocenters. The number of aliphatic hydroxyl groups is 1. The van der Waals surface area contributed by atoms with Gasteiger partial charge in [-0.1, -0.05) is 6.07 Å². The van der Waals surface area contributed by atoms with E-state index in [9.17, 15) is 4.79 Å². The van der Waals surface area contributed by atoms with E-state index in [0.717, 1.165) is 31.5 Å². The first kappa shape index (κ1) is 15.5. The number of nitrogen functional groups attached to an aromatic ring is 1. The molecule has 1 aromatic carbocycles. The predicted octanol–water partition coefficient (Wildman–Crippen LogP) is 1.30. The molecule has 1 rings (SSSR count). The highest BCUT2D eigenvalue weighted by Gasteiger charge is 2.06. The number of likely N-dealkylation sites (N-methyl/N-ethyl adjacent to an activating group) is 1. The van der Waals surface area contributed by atoms with Crippen molar-refractivity contribution >= 4 is 17.3 Å². The summed E-state index contributed by atoms with van der Waals surface area (Å²) >= 11 is 0. The maximum atomic E-state index is 11.8. The Kier molecular flexibility index (Phi) is 6.92. The standard InChI is InChI=1S/C14H23N3O2/c1-17(8-3-2-4-9-18)11-14(19)16-13-7-5-6-12(15)10-13/h5-7,10,18H,2-4,8-9,11,15H2,1H3,(H,16,19). The van der Waals surface area contributed by atoms with Crippen LogP contribution >= 0.6 is 0 Å². The molecule has 19 heavy (non-hydrogen) atoms. The molecule has 0 unspecified atom stereocenters. The molecule has 5 nitrogen and oxygen atoms in total. The van der Waals surface area contributed by atoms with E-state index in [0.29, 0.717) is 12.2 Å². The van der Waals surface area contributed by atoms with Crippen molar-refractivity contribution in [3.8, 4) is 0 Å². The summed E-state index contributed by atoms with van der Waals surface area (Å²) < 4.78 is 0. The summed E-state index contributed by atoms with van der Waals surface area (Å²) in [6.45, 7) is 1.44. The Morgan fingerprint density at radius 1 is 1.37 bits per heavy atom. The lowest BCUT2D eigenvalue weighted by Crippen LogP contribution is -2.30. The number of unbranched alkanes of at least 4 members (excludes halogenated alkanes) is 2. The van der Waals surface area contributed by atoms with Crippen LogP contribution in [0.4, 0.5) is 11.4 Å². The van der Waals surface area contributed by atoms with E-state index in [1.54, 1.807) is 12.1 Å². The zero-order valence-corrected chi connectivity index (χ0v) is 11.4. The second-order valence-electron chi connectivity index (χ2n) is 4.70. The van der Waals surface area contributed by atoms with E-state index < -0.39 is 0 Å². The van der Waals surface area contributed by atoms with Gasteiger partial charge in [0, 0.05) is 18.0 Å². The van der Waals surface area contributed by atoms with Crippen LogP contribution in [0.5, 0.6) is 0 Å². The summed E-state index contributed by atoms with van der Waals surface area (Å²) in [5.74, 6) is -0.0461. The molecule has 1 aromatic rings. The minimum Gasteiger partial charge on any atom is -0.399 e. The van der Waals surface area contributed by atoms with Crippen LogP contribution in [-0.4, -0.2) is 42.7 Å². The summed E-state index contributed by atoms with van der Waals surface area (Å²) in [5.41, 5.74) is 7.00. The number of amides is 1. The first-order valence-electron chi connectivity index (χ1n) is 6.56. The fraction of sp³-hybridized carbons (Fsp3) is 0.500. The van der Waals surface area contributed by atoms with Crippen LogP contribution in [-0.2, 0) is 4.79 Å². The largest absolute Gasteiger partial charge is 0.399 e. The number of nitrogens with two attached hydrogens (primary N) is 1. The molecule has 0 bridgehead atoms. The molecule has 0 aliphatic carbocycles. The Morgan fingerprint density at radius 2 is 2.16 bits per heavy atom. The molecule has 0 fully saturated rings. The van der Waals surface area contributed by atoms with E-state index in [2.05, 4.69) is 5.32 Å². The van der Waals surface area contributed by atoms with Gasteiger partial charge in [0.25, 0.3) is 0 Å².